The average molecular weight is 211 g/mol. The van der Waals surface area contributed by atoms with E-state index in [1.807, 2.05) is 6.92 Å². The molecule has 1 heterocycles. The predicted octanol–water partition coefficient (Wildman–Crippen LogP) is 1.40. The summed E-state index contributed by atoms with van der Waals surface area (Å²) >= 11 is 0. The second kappa shape index (κ2) is 4.77. The van der Waals surface area contributed by atoms with Crippen LogP contribution in [0, 0.1) is 12.3 Å². The summed E-state index contributed by atoms with van der Waals surface area (Å²) in [4.78, 5) is 6.39. The van der Waals surface area contributed by atoms with Crippen LogP contribution >= 0.6 is 0 Å². The molecule has 0 amide bonds. The molecule has 15 heavy (non-hydrogen) atoms. The highest BCUT2D eigenvalue weighted by Gasteiger charge is 2.19. The number of aromatic nitrogens is 1. The predicted molar refractivity (Wildman–Crippen MR) is 60.4 cm³/mol. The van der Waals surface area contributed by atoms with E-state index in [4.69, 9.17) is 10.2 Å². The smallest absolute Gasteiger partial charge is 0.181 e. The van der Waals surface area contributed by atoms with Crippen molar-refractivity contribution in [2.45, 2.75) is 27.3 Å². The maximum atomic E-state index is 5.70. The first-order valence-electron chi connectivity index (χ1n) is 5.22. The molecule has 4 nitrogen and oxygen atoms in total. The van der Waals surface area contributed by atoms with Gasteiger partial charge in [0.2, 0.25) is 0 Å². The molecular weight excluding hydrogens is 190 g/mol. The van der Waals surface area contributed by atoms with Gasteiger partial charge in [0.05, 0.1) is 5.69 Å². The quantitative estimate of drug-likeness (QED) is 0.800. The molecule has 0 aliphatic rings. The van der Waals surface area contributed by atoms with Crippen molar-refractivity contribution in [2.75, 3.05) is 20.1 Å². The first kappa shape index (κ1) is 12.2. The molecule has 0 saturated heterocycles. The fraction of sp³-hybridized carbons (Fsp3) is 0.727. The van der Waals surface area contributed by atoms with E-state index in [0.717, 1.165) is 24.5 Å². The highest BCUT2D eigenvalue weighted by atomic mass is 16.3. The molecule has 0 atom stereocenters. The van der Waals surface area contributed by atoms with Crippen molar-refractivity contribution in [3.63, 3.8) is 0 Å². The first-order valence-corrected chi connectivity index (χ1v) is 5.22. The summed E-state index contributed by atoms with van der Waals surface area (Å²) in [5.74, 6) is 0.896. The van der Waals surface area contributed by atoms with Gasteiger partial charge in [0.15, 0.2) is 6.39 Å². The molecule has 4 heteroatoms. The van der Waals surface area contributed by atoms with E-state index in [0.29, 0.717) is 6.54 Å². The third kappa shape index (κ3) is 3.64. The van der Waals surface area contributed by atoms with Gasteiger partial charge in [0.25, 0.3) is 0 Å². The van der Waals surface area contributed by atoms with E-state index in [1.54, 1.807) is 0 Å². The van der Waals surface area contributed by atoms with Gasteiger partial charge in [0, 0.05) is 13.1 Å². The van der Waals surface area contributed by atoms with Crippen LogP contribution in [-0.4, -0.2) is 30.0 Å². The maximum absolute atomic E-state index is 5.70. The standard InChI is InChI=1S/C11H21N3O/c1-9-10(13-8-15-9)5-14(4)7-11(2,3)6-12/h8H,5-7,12H2,1-4H3. The van der Waals surface area contributed by atoms with Crippen molar-refractivity contribution in [3.8, 4) is 0 Å². The Morgan fingerprint density at radius 3 is 2.67 bits per heavy atom. The maximum Gasteiger partial charge on any atom is 0.181 e. The lowest BCUT2D eigenvalue weighted by Crippen LogP contribution is -2.36. The summed E-state index contributed by atoms with van der Waals surface area (Å²) < 4.78 is 5.16. The van der Waals surface area contributed by atoms with Gasteiger partial charge in [-0.15, -0.1) is 0 Å². The minimum Gasteiger partial charge on any atom is -0.448 e. The Kier molecular flexibility index (Phi) is 3.88. The van der Waals surface area contributed by atoms with Crippen LogP contribution in [-0.2, 0) is 6.54 Å². The number of hydrogen-bond acceptors (Lipinski definition) is 4. The second-order valence-corrected chi connectivity index (χ2v) is 4.90. The number of rotatable bonds is 5. The summed E-state index contributed by atoms with van der Waals surface area (Å²) in [6.07, 6.45) is 1.49. The lowest BCUT2D eigenvalue weighted by molar-refractivity contribution is 0.207. The van der Waals surface area contributed by atoms with Gasteiger partial charge in [-0.05, 0) is 25.9 Å². The summed E-state index contributed by atoms with van der Waals surface area (Å²) in [5.41, 5.74) is 6.85. The third-order valence-corrected chi connectivity index (χ3v) is 2.51. The Morgan fingerprint density at radius 2 is 2.20 bits per heavy atom. The van der Waals surface area contributed by atoms with E-state index in [2.05, 4.69) is 30.8 Å². The van der Waals surface area contributed by atoms with Crippen molar-refractivity contribution in [1.82, 2.24) is 9.88 Å². The molecule has 0 spiro atoms. The number of nitrogens with two attached hydrogens (primary N) is 1. The number of nitrogens with zero attached hydrogens (tertiary/aromatic N) is 2. The molecule has 0 bridgehead atoms. The van der Waals surface area contributed by atoms with Crippen LogP contribution in [0.1, 0.15) is 25.3 Å². The third-order valence-electron chi connectivity index (χ3n) is 2.51. The molecule has 1 rings (SSSR count). The second-order valence-electron chi connectivity index (χ2n) is 4.90. The van der Waals surface area contributed by atoms with Gasteiger partial charge >= 0.3 is 0 Å². The molecule has 1 aromatic rings. The Hall–Kier alpha value is -0.870. The lowest BCUT2D eigenvalue weighted by Gasteiger charge is -2.28. The van der Waals surface area contributed by atoms with E-state index in [1.165, 1.54) is 6.39 Å². The molecule has 1 aromatic heterocycles. The molecular formula is C11H21N3O. The summed E-state index contributed by atoms with van der Waals surface area (Å²) in [7, 11) is 2.07. The largest absolute Gasteiger partial charge is 0.448 e. The number of hydrogen-bond donors (Lipinski definition) is 1. The zero-order chi connectivity index (χ0) is 11.5. The summed E-state index contributed by atoms with van der Waals surface area (Å²) in [6, 6.07) is 0. The molecule has 2 N–H and O–H groups in total. The molecule has 0 unspecified atom stereocenters. The van der Waals surface area contributed by atoms with E-state index in [9.17, 15) is 0 Å². The van der Waals surface area contributed by atoms with Crippen molar-refractivity contribution in [1.29, 1.82) is 0 Å². The topological polar surface area (TPSA) is 55.3 Å². The van der Waals surface area contributed by atoms with Crippen LogP contribution in [0.3, 0.4) is 0 Å². The Bertz CT molecular complexity index is 307. The van der Waals surface area contributed by atoms with E-state index < -0.39 is 0 Å². The van der Waals surface area contributed by atoms with Gasteiger partial charge in [-0.3, -0.25) is 4.90 Å². The Morgan fingerprint density at radius 1 is 1.53 bits per heavy atom. The van der Waals surface area contributed by atoms with Crippen molar-refractivity contribution in [2.24, 2.45) is 11.1 Å². The van der Waals surface area contributed by atoms with Gasteiger partial charge < -0.3 is 10.2 Å². The zero-order valence-corrected chi connectivity index (χ0v) is 10.1. The molecule has 0 fully saturated rings. The number of aryl methyl sites for hydroxylation is 1. The monoisotopic (exact) mass is 211 g/mol. The zero-order valence-electron chi connectivity index (χ0n) is 10.1. The van der Waals surface area contributed by atoms with Crippen LogP contribution in [0.2, 0.25) is 0 Å². The number of oxazole rings is 1. The van der Waals surface area contributed by atoms with E-state index >= 15 is 0 Å². The van der Waals surface area contributed by atoms with Gasteiger partial charge in [-0.2, -0.15) is 0 Å². The molecule has 0 aliphatic carbocycles. The highest BCUT2D eigenvalue weighted by molar-refractivity contribution is 5.04. The summed E-state index contributed by atoms with van der Waals surface area (Å²) in [5, 5.41) is 0. The fourth-order valence-corrected chi connectivity index (χ4v) is 1.59. The van der Waals surface area contributed by atoms with E-state index in [-0.39, 0.29) is 5.41 Å². The van der Waals surface area contributed by atoms with Crippen LogP contribution in [0.25, 0.3) is 0 Å². The Balaban J connectivity index is 2.50. The minimum absolute atomic E-state index is 0.145. The van der Waals surface area contributed by atoms with Crippen molar-refractivity contribution in [3.05, 3.63) is 17.8 Å². The molecule has 0 saturated carbocycles. The molecule has 86 valence electrons. The van der Waals surface area contributed by atoms with Crippen LogP contribution in [0.15, 0.2) is 10.8 Å². The normalized spacial score (nSPS) is 12.4. The molecule has 0 aliphatic heterocycles. The van der Waals surface area contributed by atoms with Gasteiger partial charge in [-0.25, -0.2) is 4.98 Å². The lowest BCUT2D eigenvalue weighted by atomic mass is 9.93. The van der Waals surface area contributed by atoms with Gasteiger partial charge in [0.1, 0.15) is 5.76 Å². The van der Waals surface area contributed by atoms with Crippen LogP contribution in [0.4, 0.5) is 0 Å². The minimum atomic E-state index is 0.145. The first-order chi connectivity index (χ1) is 6.94. The van der Waals surface area contributed by atoms with Crippen LogP contribution < -0.4 is 5.73 Å². The SMILES string of the molecule is Cc1ocnc1CN(C)CC(C)(C)CN. The highest BCUT2D eigenvalue weighted by Crippen LogP contribution is 2.16. The fourth-order valence-electron chi connectivity index (χ4n) is 1.59. The van der Waals surface area contributed by atoms with Crippen LogP contribution in [0.5, 0.6) is 0 Å². The van der Waals surface area contributed by atoms with Gasteiger partial charge in [-0.1, -0.05) is 13.8 Å². The Labute approximate surface area is 91.5 Å². The summed E-state index contributed by atoms with van der Waals surface area (Å²) in [6.45, 7) is 8.72. The van der Waals surface area contributed by atoms with Crippen molar-refractivity contribution >= 4 is 0 Å². The molecule has 0 radical (unpaired) electrons. The van der Waals surface area contributed by atoms with Crippen molar-refractivity contribution < 1.29 is 4.42 Å². The average Bonchev–Trinajstić information content (AvgIpc) is 2.51. The molecule has 0 aromatic carbocycles.